The van der Waals surface area contributed by atoms with Crippen LogP contribution < -0.4 is 21.3 Å². The van der Waals surface area contributed by atoms with E-state index < -0.39 is 29.7 Å². The van der Waals surface area contributed by atoms with E-state index in [2.05, 4.69) is 20.7 Å². The highest BCUT2D eigenvalue weighted by atomic mass is 19.3. The SMILES string of the molecule is CNC1C(N(C)c2nc(Nc3cccc(-n4cccn4)c3)c(C(N)=O)cc2F)CCCC1(F)F. The van der Waals surface area contributed by atoms with Gasteiger partial charge in [-0.25, -0.2) is 22.8 Å². The van der Waals surface area contributed by atoms with E-state index in [1.807, 2.05) is 6.07 Å². The van der Waals surface area contributed by atoms with Crippen LogP contribution in [0.5, 0.6) is 0 Å². The summed E-state index contributed by atoms with van der Waals surface area (Å²) >= 11 is 0. The molecule has 1 aliphatic rings. The molecule has 3 aromatic rings. The Kier molecular flexibility index (Phi) is 6.47. The number of nitrogens with two attached hydrogens (primary N) is 1. The number of nitrogens with one attached hydrogen (secondary N) is 2. The summed E-state index contributed by atoms with van der Waals surface area (Å²) in [5, 5.41) is 9.87. The van der Waals surface area contributed by atoms with E-state index >= 15 is 4.39 Å². The molecule has 1 fully saturated rings. The number of carbonyl (C=O) groups is 1. The number of likely N-dealkylation sites (N-methyl/N-ethyl adjacent to an activating group) is 2. The van der Waals surface area contributed by atoms with Gasteiger partial charge in [0.05, 0.1) is 23.3 Å². The number of hydrogen-bond donors (Lipinski definition) is 3. The molecule has 8 nitrogen and oxygen atoms in total. The molecule has 4 rings (SSSR count). The second kappa shape index (κ2) is 9.34. The summed E-state index contributed by atoms with van der Waals surface area (Å²) in [5.74, 6) is -4.76. The van der Waals surface area contributed by atoms with Crippen LogP contribution in [0.2, 0.25) is 0 Å². The topological polar surface area (TPSA) is 101 Å². The zero-order chi connectivity index (χ0) is 24.5. The summed E-state index contributed by atoms with van der Waals surface area (Å²) in [6.45, 7) is 0. The van der Waals surface area contributed by atoms with E-state index in [-0.39, 0.29) is 23.6 Å². The van der Waals surface area contributed by atoms with Gasteiger partial charge < -0.3 is 21.3 Å². The highest BCUT2D eigenvalue weighted by Gasteiger charge is 2.48. The maximum atomic E-state index is 15.0. The average molecular weight is 474 g/mol. The number of amides is 1. The molecular weight excluding hydrogens is 447 g/mol. The van der Waals surface area contributed by atoms with Crippen LogP contribution in [0.15, 0.2) is 48.8 Å². The fourth-order valence-electron chi connectivity index (χ4n) is 4.42. The Balaban J connectivity index is 1.70. The third kappa shape index (κ3) is 4.56. The molecule has 1 aromatic carbocycles. The van der Waals surface area contributed by atoms with Crippen LogP contribution in [-0.4, -0.2) is 52.8 Å². The zero-order valence-electron chi connectivity index (χ0n) is 18.8. The van der Waals surface area contributed by atoms with Crippen molar-refractivity contribution in [2.24, 2.45) is 5.73 Å². The second-order valence-corrected chi connectivity index (χ2v) is 8.28. The summed E-state index contributed by atoms with van der Waals surface area (Å²) in [5.41, 5.74) is 6.62. The highest BCUT2D eigenvalue weighted by molar-refractivity contribution is 5.98. The summed E-state index contributed by atoms with van der Waals surface area (Å²) in [6, 6.07) is 8.01. The minimum Gasteiger partial charge on any atom is -0.365 e. The second-order valence-electron chi connectivity index (χ2n) is 8.28. The van der Waals surface area contributed by atoms with Crippen molar-refractivity contribution in [3.05, 3.63) is 60.2 Å². The van der Waals surface area contributed by atoms with E-state index in [1.165, 1.54) is 19.0 Å². The van der Waals surface area contributed by atoms with Crippen LogP contribution in [0.25, 0.3) is 5.69 Å². The van der Waals surface area contributed by atoms with Crippen LogP contribution in [0.3, 0.4) is 0 Å². The van der Waals surface area contributed by atoms with E-state index in [0.717, 1.165) is 11.8 Å². The number of alkyl halides is 2. The molecule has 4 N–H and O–H groups in total. The van der Waals surface area contributed by atoms with Gasteiger partial charge in [0.1, 0.15) is 5.82 Å². The van der Waals surface area contributed by atoms with E-state index in [9.17, 15) is 13.6 Å². The number of benzene rings is 1. The molecule has 2 unspecified atom stereocenters. The molecule has 2 atom stereocenters. The molecule has 34 heavy (non-hydrogen) atoms. The third-order valence-electron chi connectivity index (χ3n) is 6.09. The van der Waals surface area contributed by atoms with Gasteiger partial charge in [0.15, 0.2) is 11.6 Å². The fraction of sp³-hybridized carbons (Fsp3) is 0.348. The predicted octanol–water partition coefficient (Wildman–Crippen LogP) is 3.46. The largest absolute Gasteiger partial charge is 0.365 e. The van der Waals surface area contributed by atoms with Gasteiger partial charge in [-0.1, -0.05) is 6.07 Å². The molecule has 11 heteroatoms. The lowest BCUT2D eigenvalue weighted by atomic mass is 9.86. The maximum Gasteiger partial charge on any atom is 0.265 e. The summed E-state index contributed by atoms with van der Waals surface area (Å²) < 4.78 is 45.7. The van der Waals surface area contributed by atoms with Crippen molar-refractivity contribution in [1.29, 1.82) is 0 Å². The monoisotopic (exact) mass is 473 g/mol. The van der Waals surface area contributed by atoms with Gasteiger partial charge in [0.25, 0.3) is 11.8 Å². The zero-order valence-corrected chi connectivity index (χ0v) is 18.8. The van der Waals surface area contributed by atoms with Crippen LogP contribution >= 0.6 is 0 Å². The van der Waals surface area contributed by atoms with Crippen molar-refractivity contribution in [2.75, 3.05) is 24.3 Å². The first-order chi connectivity index (χ1) is 16.2. The number of halogens is 3. The van der Waals surface area contributed by atoms with Crippen molar-refractivity contribution in [3.63, 3.8) is 0 Å². The fourth-order valence-corrected chi connectivity index (χ4v) is 4.42. The number of aromatic nitrogens is 3. The van der Waals surface area contributed by atoms with Crippen LogP contribution in [0.1, 0.15) is 29.6 Å². The predicted molar refractivity (Wildman–Crippen MR) is 123 cm³/mol. The Morgan fingerprint density at radius 2 is 2.09 bits per heavy atom. The van der Waals surface area contributed by atoms with E-state index in [1.54, 1.807) is 41.3 Å². The molecule has 0 aliphatic heterocycles. The molecule has 1 aliphatic carbocycles. The number of hydrogen-bond acceptors (Lipinski definition) is 6. The van der Waals surface area contributed by atoms with Crippen molar-refractivity contribution in [3.8, 4) is 5.69 Å². The number of primary amides is 1. The van der Waals surface area contributed by atoms with Crippen molar-refractivity contribution >= 4 is 23.2 Å². The number of nitrogens with zero attached hydrogens (tertiary/aromatic N) is 4. The average Bonchev–Trinajstić information content (AvgIpc) is 3.34. The summed E-state index contributed by atoms with van der Waals surface area (Å²) in [7, 11) is 2.98. The smallest absolute Gasteiger partial charge is 0.265 e. The molecule has 1 amide bonds. The lowest BCUT2D eigenvalue weighted by Crippen LogP contribution is -2.59. The van der Waals surface area contributed by atoms with Crippen LogP contribution in [0.4, 0.5) is 30.5 Å². The van der Waals surface area contributed by atoms with E-state index in [0.29, 0.717) is 18.5 Å². The van der Waals surface area contributed by atoms with Crippen LogP contribution in [-0.2, 0) is 0 Å². The number of rotatable bonds is 7. The van der Waals surface area contributed by atoms with Crippen LogP contribution in [0, 0.1) is 5.82 Å². The van der Waals surface area contributed by atoms with Gasteiger partial charge in [0.2, 0.25) is 0 Å². The quantitative estimate of drug-likeness (QED) is 0.486. The molecule has 1 saturated carbocycles. The normalized spacial score (nSPS) is 19.6. The van der Waals surface area contributed by atoms with Gasteiger partial charge in [-0.05, 0) is 50.2 Å². The van der Waals surface area contributed by atoms with E-state index in [4.69, 9.17) is 5.73 Å². The van der Waals surface area contributed by atoms with Gasteiger partial charge in [0, 0.05) is 31.5 Å². The minimum absolute atomic E-state index is 0.0249. The van der Waals surface area contributed by atoms with Crippen molar-refractivity contribution in [1.82, 2.24) is 20.1 Å². The number of carbonyl (C=O) groups excluding carboxylic acids is 1. The molecule has 0 radical (unpaired) electrons. The first-order valence-electron chi connectivity index (χ1n) is 10.9. The first-order valence-corrected chi connectivity index (χ1v) is 10.9. The number of pyridine rings is 1. The summed E-state index contributed by atoms with van der Waals surface area (Å²) in [6.07, 6.45) is 3.91. The van der Waals surface area contributed by atoms with Crippen molar-refractivity contribution < 1.29 is 18.0 Å². The standard InChI is InChI=1S/C23H26F3N7O/c1-28-19-18(8-4-9-23(19,25)26)32(2)22-17(24)13-16(20(27)34)21(31-22)30-14-6-3-7-15(12-14)33-11-5-10-29-33/h3,5-7,10-13,18-19,28H,4,8-9H2,1-2H3,(H2,27,34)(H,30,31). The Labute approximate surface area is 195 Å². The van der Waals surface area contributed by atoms with Gasteiger partial charge >= 0.3 is 0 Å². The molecule has 180 valence electrons. The number of anilines is 3. The molecular formula is C23H26F3N7O. The molecule has 0 saturated heterocycles. The Bertz CT molecular complexity index is 1170. The summed E-state index contributed by atoms with van der Waals surface area (Å²) in [4.78, 5) is 17.7. The van der Waals surface area contributed by atoms with Crippen molar-refractivity contribution in [2.45, 2.75) is 37.3 Å². The highest BCUT2D eigenvalue weighted by Crippen LogP contribution is 2.37. The van der Waals surface area contributed by atoms with Gasteiger partial charge in [-0.15, -0.1) is 0 Å². The Morgan fingerprint density at radius 1 is 1.29 bits per heavy atom. The molecule has 2 aromatic heterocycles. The van der Waals surface area contributed by atoms with Gasteiger partial charge in [-0.2, -0.15) is 5.10 Å². The third-order valence-corrected chi connectivity index (χ3v) is 6.09. The lowest BCUT2D eigenvalue weighted by molar-refractivity contribution is -0.0685. The lowest BCUT2D eigenvalue weighted by Gasteiger charge is -2.42. The van der Waals surface area contributed by atoms with Gasteiger partial charge in [-0.3, -0.25) is 4.79 Å². The maximum absolute atomic E-state index is 15.0. The minimum atomic E-state index is -2.94. The molecule has 0 spiro atoms. The Hall–Kier alpha value is -3.60. The molecule has 2 heterocycles. The Morgan fingerprint density at radius 3 is 2.76 bits per heavy atom. The molecule has 0 bridgehead atoms. The first kappa shape index (κ1) is 23.6.